The van der Waals surface area contributed by atoms with E-state index in [2.05, 4.69) is 16.7 Å². The summed E-state index contributed by atoms with van der Waals surface area (Å²) in [5.74, 6) is -0.721. The van der Waals surface area contributed by atoms with Crippen LogP contribution in [-0.4, -0.2) is 28.7 Å². The highest BCUT2D eigenvalue weighted by atomic mass is 16.2. The SMILES string of the molecule is O=C1CCC(N2Cc3cc4c(cc3C2=O)CNC4)C(=O)N1. The summed E-state index contributed by atoms with van der Waals surface area (Å²) in [5, 5.41) is 5.58. The number of carbonyl (C=O) groups is 3. The van der Waals surface area contributed by atoms with Gasteiger partial charge in [0.1, 0.15) is 6.04 Å². The van der Waals surface area contributed by atoms with Crippen molar-refractivity contribution >= 4 is 17.7 Å². The number of nitrogens with zero attached hydrogens (tertiary/aromatic N) is 1. The fraction of sp³-hybridized carbons (Fsp3) is 0.400. The molecule has 2 N–H and O–H groups in total. The number of rotatable bonds is 1. The fourth-order valence-corrected chi connectivity index (χ4v) is 3.37. The number of carbonyl (C=O) groups excluding carboxylic acids is 3. The van der Waals surface area contributed by atoms with Crippen molar-refractivity contribution in [2.45, 2.75) is 38.5 Å². The zero-order valence-corrected chi connectivity index (χ0v) is 11.4. The smallest absolute Gasteiger partial charge is 0.255 e. The van der Waals surface area contributed by atoms with E-state index in [1.54, 1.807) is 4.90 Å². The van der Waals surface area contributed by atoms with Crippen LogP contribution in [-0.2, 0) is 29.2 Å². The Morgan fingerprint density at radius 3 is 2.57 bits per heavy atom. The van der Waals surface area contributed by atoms with Gasteiger partial charge in [-0.05, 0) is 29.2 Å². The van der Waals surface area contributed by atoms with E-state index in [1.165, 1.54) is 5.56 Å². The molecule has 3 aliphatic rings. The molecule has 1 aromatic carbocycles. The van der Waals surface area contributed by atoms with Gasteiger partial charge in [-0.3, -0.25) is 19.7 Å². The summed E-state index contributed by atoms with van der Waals surface area (Å²) in [5.41, 5.74) is 4.06. The van der Waals surface area contributed by atoms with Gasteiger partial charge in [0, 0.05) is 31.6 Å². The second-order valence-corrected chi connectivity index (χ2v) is 5.78. The predicted molar refractivity (Wildman–Crippen MR) is 73.0 cm³/mol. The molecule has 6 nitrogen and oxygen atoms in total. The molecule has 3 amide bonds. The zero-order valence-electron chi connectivity index (χ0n) is 11.4. The Morgan fingerprint density at radius 1 is 1.05 bits per heavy atom. The van der Waals surface area contributed by atoms with Gasteiger partial charge in [0.15, 0.2) is 0 Å². The lowest BCUT2D eigenvalue weighted by Gasteiger charge is -2.29. The fourth-order valence-electron chi connectivity index (χ4n) is 3.37. The second kappa shape index (κ2) is 4.39. The molecule has 0 radical (unpaired) electrons. The maximum atomic E-state index is 12.6. The van der Waals surface area contributed by atoms with Crippen LogP contribution >= 0.6 is 0 Å². The lowest BCUT2D eigenvalue weighted by Crippen LogP contribution is -2.52. The highest BCUT2D eigenvalue weighted by Gasteiger charge is 2.39. The molecule has 0 bridgehead atoms. The third-order valence-electron chi connectivity index (χ3n) is 4.47. The van der Waals surface area contributed by atoms with E-state index in [-0.39, 0.29) is 24.1 Å². The van der Waals surface area contributed by atoms with E-state index in [9.17, 15) is 14.4 Å². The summed E-state index contributed by atoms with van der Waals surface area (Å²) in [6.07, 6.45) is 0.697. The molecule has 6 heteroatoms. The van der Waals surface area contributed by atoms with Crippen molar-refractivity contribution in [3.63, 3.8) is 0 Å². The van der Waals surface area contributed by atoms with Crippen LogP contribution < -0.4 is 10.6 Å². The first-order chi connectivity index (χ1) is 10.1. The van der Waals surface area contributed by atoms with Crippen LogP contribution in [0.2, 0.25) is 0 Å². The van der Waals surface area contributed by atoms with Gasteiger partial charge in [0.05, 0.1) is 0 Å². The Balaban J connectivity index is 1.64. The van der Waals surface area contributed by atoms with Crippen LogP contribution in [0.3, 0.4) is 0 Å². The number of amides is 3. The third kappa shape index (κ3) is 1.86. The number of imide groups is 1. The first-order valence-electron chi connectivity index (χ1n) is 7.13. The average molecular weight is 285 g/mol. The number of fused-ring (bicyclic) bond motifs is 2. The van der Waals surface area contributed by atoms with Crippen LogP contribution in [0, 0.1) is 0 Å². The highest BCUT2D eigenvalue weighted by molar-refractivity contribution is 6.05. The highest BCUT2D eigenvalue weighted by Crippen LogP contribution is 2.31. The van der Waals surface area contributed by atoms with Crippen molar-refractivity contribution in [3.8, 4) is 0 Å². The molecule has 1 fully saturated rings. The van der Waals surface area contributed by atoms with Gasteiger partial charge in [0.25, 0.3) is 5.91 Å². The van der Waals surface area contributed by atoms with Crippen LogP contribution in [0.25, 0.3) is 0 Å². The van der Waals surface area contributed by atoms with Gasteiger partial charge in [0.2, 0.25) is 11.8 Å². The van der Waals surface area contributed by atoms with E-state index in [4.69, 9.17) is 0 Å². The number of hydrogen-bond donors (Lipinski definition) is 2. The molecule has 108 valence electrons. The molecule has 0 saturated carbocycles. The summed E-state index contributed by atoms with van der Waals surface area (Å²) in [6.45, 7) is 2.07. The molecule has 1 aromatic rings. The van der Waals surface area contributed by atoms with Crippen LogP contribution in [0.15, 0.2) is 12.1 Å². The Hall–Kier alpha value is -2.21. The molecule has 1 atom stereocenters. The van der Waals surface area contributed by atoms with E-state index in [0.717, 1.165) is 24.2 Å². The summed E-state index contributed by atoms with van der Waals surface area (Å²) in [4.78, 5) is 37.3. The van der Waals surface area contributed by atoms with Crippen molar-refractivity contribution in [1.82, 2.24) is 15.5 Å². The number of benzene rings is 1. The van der Waals surface area contributed by atoms with Gasteiger partial charge in [-0.1, -0.05) is 6.07 Å². The van der Waals surface area contributed by atoms with E-state index < -0.39 is 6.04 Å². The molecule has 3 heterocycles. The van der Waals surface area contributed by atoms with Crippen molar-refractivity contribution in [1.29, 1.82) is 0 Å². The minimum Gasteiger partial charge on any atom is -0.322 e. The number of nitrogens with one attached hydrogen (secondary N) is 2. The molecule has 4 rings (SSSR count). The van der Waals surface area contributed by atoms with Crippen LogP contribution in [0.5, 0.6) is 0 Å². The van der Waals surface area contributed by atoms with Crippen molar-refractivity contribution in [2.75, 3.05) is 0 Å². The molecule has 3 aliphatic heterocycles. The second-order valence-electron chi connectivity index (χ2n) is 5.78. The topological polar surface area (TPSA) is 78.5 Å². The van der Waals surface area contributed by atoms with Gasteiger partial charge in [-0.2, -0.15) is 0 Å². The minimum atomic E-state index is -0.532. The standard InChI is InChI=1S/C15H15N3O3/c19-13-2-1-12(14(20)17-13)18-7-10-3-8-5-16-6-9(8)4-11(10)15(18)21/h3-4,12,16H,1-2,5-7H2,(H,17,19,20). The van der Waals surface area contributed by atoms with Gasteiger partial charge < -0.3 is 10.2 Å². The Morgan fingerprint density at radius 2 is 1.81 bits per heavy atom. The number of piperidine rings is 1. The van der Waals surface area contributed by atoms with Crippen LogP contribution in [0.1, 0.15) is 39.9 Å². The molecule has 21 heavy (non-hydrogen) atoms. The molecule has 0 spiro atoms. The lowest BCUT2D eigenvalue weighted by atomic mass is 10.0. The molecular formula is C15H15N3O3. The molecular weight excluding hydrogens is 270 g/mol. The first kappa shape index (κ1) is 12.5. The van der Waals surface area contributed by atoms with E-state index in [0.29, 0.717) is 18.5 Å². The largest absolute Gasteiger partial charge is 0.322 e. The number of hydrogen-bond acceptors (Lipinski definition) is 4. The summed E-state index contributed by atoms with van der Waals surface area (Å²) in [6, 6.07) is 3.48. The molecule has 1 saturated heterocycles. The monoisotopic (exact) mass is 285 g/mol. The van der Waals surface area contributed by atoms with E-state index >= 15 is 0 Å². The van der Waals surface area contributed by atoms with Crippen molar-refractivity contribution < 1.29 is 14.4 Å². The van der Waals surface area contributed by atoms with Gasteiger partial charge in [-0.25, -0.2) is 0 Å². The van der Waals surface area contributed by atoms with Crippen LogP contribution in [0.4, 0.5) is 0 Å². The third-order valence-corrected chi connectivity index (χ3v) is 4.47. The maximum absolute atomic E-state index is 12.6. The first-order valence-corrected chi connectivity index (χ1v) is 7.13. The van der Waals surface area contributed by atoms with Gasteiger partial charge >= 0.3 is 0 Å². The normalized spacial score (nSPS) is 24.1. The van der Waals surface area contributed by atoms with Crippen molar-refractivity contribution in [3.05, 3.63) is 34.4 Å². The lowest BCUT2D eigenvalue weighted by molar-refractivity contribution is -0.136. The summed E-state index contributed by atoms with van der Waals surface area (Å²) < 4.78 is 0. The predicted octanol–water partition coefficient (Wildman–Crippen LogP) is 0.0508. The van der Waals surface area contributed by atoms with E-state index in [1.807, 2.05) is 6.07 Å². The van der Waals surface area contributed by atoms with Gasteiger partial charge in [-0.15, -0.1) is 0 Å². The summed E-state index contributed by atoms with van der Waals surface area (Å²) >= 11 is 0. The Labute approximate surface area is 121 Å². The average Bonchev–Trinajstić information content (AvgIpc) is 3.02. The maximum Gasteiger partial charge on any atom is 0.255 e. The van der Waals surface area contributed by atoms with Crippen molar-refractivity contribution in [2.24, 2.45) is 0 Å². The zero-order chi connectivity index (χ0) is 14.6. The molecule has 1 unspecified atom stereocenters. The molecule has 0 aromatic heterocycles. The Bertz CT molecular complexity index is 683. The Kier molecular flexibility index (Phi) is 2.62. The molecule has 0 aliphatic carbocycles. The quantitative estimate of drug-likeness (QED) is 0.715. The minimum absolute atomic E-state index is 0.103. The summed E-state index contributed by atoms with van der Waals surface area (Å²) in [7, 11) is 0.